The number of anilines is 2. The molecule has 2 aromatic rings. The second kappa shape index (κ2) is 5.92. The van der Waals surface area contributed by atoms with Gasteiger partial charge in [-0.1, -0.05) is 0 Å². The average molecular weight is 273 g/mol. The van der Waals surface area contributed by atoms with Crippen LogP contribution in [0.1, 0.15) is 17.3 Å². The number of rotatable bonds is 3. The molecule has 1 aromatic carbocycles. The highest BCUT2D eigenvalue weighted by atomic mass is 19.1. The summed E-state index contributed by atoms with van der Waals surface area (Å²) in [6.45, 7) is 1.40. The lowest BCUT2D eigenvalue weighted by atomic mass is 10.2. The third-order valence-corrected chi connectivity index (χ3v) is 2.47. The number of aromatic nitrogens is 1. The predicted molar refractivity (Wildman–Crippen MR) is 72.9 cm³/mol. The maximum atomic E-state index is 13.3. The minimum Gasteiger partial charge on any atom is -0.326 e. The molecule has 0 spiro atoms. The molecule has 2 rings (SSSR count). The molecule has 0 atom stereocenters. The van der Waals surface area contributed by atoms with E-state index >= 15 is 0 Å². The molecule has 2 N–H and O–H groups in total. The minimum absolute atomic E-state index is 0.126. The molecule has 0 radical (unpaired) electrons. The quantitative estimate of drug-likeness (QED) is 0.844. The fourth-order valence-corrected chi connectivity index (χ4v) is 1.59. The fraction of sp³-hybridized carbons (Fsp3) is 0.0714. The molecule has 0 bridgehead atoms. The number of nitrogens with one attached hydrogen (secondary N) is 2. The van der Waals surface area contributed by atoms with Gasteiger partial charge in [0.05, 0.1) is 5.56 Å². The van der Waals surface area contributed by atoms with Crippen molar-refractivity contribution < 1.29 is 14.0 Å². The average Bonchev–Trinajstić information content (AvgIpc) is 2.41. The zero-order chi connectivity index (χ0) is 14.5. The Morgan fingerprint density at radius 3 is 2.20 bits per heavy atom. The Labute approximate surface area is 114 Å². The summed E-state index contributed by atoms with van der Waals surface area (Å²) in [5, 5.41) is 5.15. The summed E-state index contributed by atoms with van der Waals surface area (Å²) in [4.78, 5) is 26.1. The Morgan fingerprint density at radius 2 is 1.65 bits per heavy atom. The first-order chi connectivity index (χ1) is 9.56. The highest BCUT2D eigenvalue weighted by Gasteiger charge is 2.11. The Kier molecular flexibility index (Phi) is 4.05. The highest BCUT2D eigenvalue weighted by Crippen LogP contribution is 2.15. The Morgan fingerprint density at radius 1 is 1.05 bits per heavy atom. The molecule has 0 aliphatic rings. The van der Waals surface area contributed by atoms with Gasteiger partial charge in [-0.3, -0.25) is 9.59 Å². The van der Waals surface area contributed by atoms with Crippen molar-refractivity contribution in [3.05, 3.63) is 54.1 Å². The van der Waals surface area contributed by atoms with E-state index in [4.69, 9.17) is 0 Å². The molecule has 0 saturated heterocycles. The maximum absolute atomic E-state index is 13.3. The molecule has 6 heteroatoms. The second-order valence-corrected chi connectivity index (χ2v) is 4.05. The zero-order valence-electron chi connectivity index (χ0n) is 10.7. The summed E-state index contributed by atoms with van der Waals surface area (Å²) < 4.78 is 13.3. The van der Waals surface area contributed by atoms with Gasteiger partial charge in [0.25, 0.3) is 5.91 Å². The van der Waals surface area contributed by atoms with Crippen molar-refractivity contribution in [2.75, 3.05) is 10.6 Å². The number of hydrogen-bond donors (Lipinski definition) is 2. The van der Waals surface area contributed by atoms with E-state index in [1.165, 1.54) is 25.3 Å². The van der Waals surface area contributed by atoms with Crippen molar-refractivity contribution in [1.82, 2.24) is 4.98 Å². The molecular formula is C14H12FN3O2. The summed E-state index contributed by atoms with van der Waals surface area (Å²) in [7, 11) is 0. The van der Waals surface area contributed by atoms with Gasteiger partial charge < -0.3 is 10.6 Å². The largest absolute Gasteiger partial charge is 0.326 e. The number of carbonyl (C=O) groups excluding carboxylic acids is 2. The number of hydrogen-bond acceptors (Lipinski definition) is 3. The molecule has 102 valence electrons. The lowest BCUT2D eigenvalue weighted by Crippen LogP contribution is -2.14. The molecule has 0 saturated carbocycles. The predicted octanol–water partition coefficient (Wildman–Crippen LogP) is 2.43. The molecule has 5 nitrogen and oxygen atoms in total. The molecule has 1 heterocycles. The summed E-state index contributed by atoms with van der Waals surface area (Å²) in [6, 6.07) is 9.32. The highest BCUT2D eigenvalue weighted by molar-refractivity contribution is 6.04. The van der Waals surface area contributed by atoms with Crippen molar-refractivity contribution in [3.8, 4) is 0 Å². The lowest BCUT2D eigenvalue weighted by Gasteiger charge is -2.07. The van der Waals surface area contributed by atoms with Crippen molar-refractivity contribution in [1.29, 1.82) is 0 Å². The standard InChI is InChI=1S/C14H12FN3O2/c1-9(19)17-10-4-6-11(7-5-10)18-14(20)12-3-2-8-16-13(12)15/h2-8H,1H3,(H,17,19)(H,18,20). The van der Waals surface area contributed by atoms with Crippen LogP contribution in [-0.4, -0.2) is 16.8 Å². The third-order valence-electron chi connectivity index (χ3n) is 2.47. The van der Waals surface area contributed by atoms with Crippen molar-refractivity contribution in [2.45, 2.75) is 6.92 Å². The Hall–Kier alpha value is -2.76. The third kappa shape index (κ3) is 3.38. The molecule has 0 aliphatic heterocycles. The molecule has 1 aromatic heterocycles. The van der Waals surface area contributed by atoms with Gasteiger partial charge in [-0.05, 0) is 36.4 Å². The van der Waals surface area contributed by atoms with Gasteiger partial charge in [-0.15, -0.1) is 0 Å². The summed E-state index contributed by atoms with van der Waals surface area (Å²) in [5.74, 6) is -1.58. The van der Waals surface area contributed by atoms with Gasteiger partial charge in [0.1, 0.15) is 0 Å². The van der Waals surface area contributed by atoms with Crippen LogP contribution in [0.4, 0.5) is 15.8 Å². The molecular weight excluding hydrogens is 261 g/mol. The molecule has 0 fully saturated rings. The molecule has 2 amide bonds. The summed E-state index contributed by atoms with van der Waals surface area (Å²) in [6.07, 6.45) is 1.27. The van der Waals surface area contributed by atoms with E-state index in [9.17, 15) is 14.0 Å². The van der Waals surface area contributed by atoms with Gasteiger partial charge in [0.2, 0.25) is 11.9 Å². The maximum Gasteiger partial charge on any atom is 0.260 e. The van der Waals surface area contributed by atoms with Crippen LogP contribution in [0, 0.1) is 5.95 Å². The summed E-state index contributed by atoms with van der Waals surface area (Å²) in [5.41, 5.74) is 0.980. The minimum atomic E-state index is -0.820. The van der Waals surface area contributed by atoms with Crippen molar-refractivity contribution >= 4 is 23.2 Å². The van der Waals surface area contributed by atoms with Gasteiger partial charge in [-0.25, -0.2) is 4.98 Å². The zero-order valence-corrected chi connectivity index (χ0v) is 10.7. The van der Waals surface area contributed by atoms with E-state index in [-0.39, 0.29) is 11.5 Å². The van der Waals surface area contributed by atoms with Crippen LogP contribution >= 0.6 is 0 Å². The smallest absolute Gasteiger partial charge is 0.260 e. The van der Waals surface area contributed by atoms with Gasteiger partial charge >= 0.3 is 0 Å². The van der Waals surface area contributed by atoms with E-state index in [0.29, 0.717) is 11.4 Å². The van der Waals surface area contributed by atoms with Crippen molar-refractivity contribution in [2.24, 2.45) is 0 Å². The van der Waals surface area contributed by atoms with Gasteiger partial charge in [0.15, 0.2) is 0 Å². The Bertz CT molecular complexity index is 641. The van der Waals surface area contributed by atoms with Crippen LogP contribution in [-0.2, 0) is 4.79 Å². The van der Waals surface area contributed by atoms with Crippen LogP contribution in [0.15, 0.2) is 42.6 Å². The number of carbonyl (C=O) groups is 2. The van der Waals surface area contributed by atoms with Crippen LogP contribution in [0.25, 0.3) is 0 Å². The Balaban J connectivity index is 2.09. The number of pyridine rings is 1. The van der Waals surface area contributed by atoms with Crippen LogP contribution in [0.5, 0.6) is 0 Å². The van der Waals surface area contributed by atoms with Gasteiger partial charge in [0, 0.05) is 24.5 Å². The van der Waals surface area contributed by atoms with E-state index < -0.39 is 11.9 Å². The van der Waals surface area contributed by atoms with Gasteiger partial charge in [-0.2, -0.15) is 4.39 Å². The summed E-state index contributed by atoms with van der Waals surface area (Å²) >= 11 is 0. The number of halogens is 1. The van der Waals surface area contributed by atoms with E-state index in [1.807, 2.05) is 0 Å². The van der Waals surface area contributed by atoms with E-state index in [2.05, 4.69) is 15.6 Å². The molecule has 20 heavy (non-hydrogen) atoms. The first-order valence-electron chi connectivity index (χ1n) is 5.86. The number of amides is 2. The first kappa shape index (κ1) is 13.7. The number of nitrogens with zero attached hydrogens (tertiary/aromatic N) is 1. The normalized spacial score (nSPS) is 9.90. The SMILES string of the molecule is CC(=O)Nc1ccc(NC(=O)c2cccnc2F)cc1. The van der Waals surface area contributed by atoms with Crippen molar-refractivity contribution in [3.63, 3.8) is 0 Å². The van der Waals surface area contributed by atoms with E-state index in [1.54, 1.807) is 24.3 Å². The topological polar surface area (TPSA) is 71.1 Å². The van der Waals surface area contributed by atoms with Crippen LogP contribution in [0.3, 0.4) is 0 Å². The molecule has 0 aliphatic carbocycles. The lowest BCUT2D eigenvalue weighted by molar-refractivity contribution is -0.114. The molecule has 0 unspecified atom stereocenters. The first-order valence-corrected chi connectivity index (χ1v) is 5.86. The number of benzene rings is 1. The monoisotopic (exact) mass is 273 g/mol. The fourth-order valence-electron chi connectivity index (χ4n) is 1.59. The van der Waals surface area contributed by atoms with Crippen LogP contribution in [0.2, 0.25) is 0 Å². The van der Waals surface area contributed by atoms with Crippen LogP contribution < -0.4 is 10.6 Å². The van der Waals surface area contributed by atoms with E-state index in [0.717, 1.165) is 0 Å². The second-order valence-electron chi connectivity index (χ2n) is 4.05.